The van der Waals surface area contributed by atoms with Crippen molar-refractivity contribution in [1.29, 1.82) is 0 Å². The zero-order chi connectivity index (χ0) is 21.0. The number of halogens is 1. The molecule has 3 rings (SSSR count). The zero-order valence-corrected chi connectivity index (χ0v) is 17.8. The fourth-order valence-electron chi connectivity index (χ4n) is 2.97. The van der Waals surface area contributed by atoms with Crippen LogP contribution in [0.4, 0.5) is 9.52 Å². The summed E-state index contributed by atoms with van der Waals surface area (Å²) in [5.41, 5.74) is 0.730. The standard InChI is InChI=1S/C21H24FN3O3S/c1-24(2)10-7-11-25(20(26)14-8-5-6-9-15(14)22)21-23-16-12-17(27-3)18(28-4)13-19(16)29-21/h5-6,8-9,12-13H,7,10-11H2,1-4H3. The van der Waals surface area contributed by atoms with Crippen molar-refractivity contribution in [3.05, 3.63) is 47.8 Å². The van der Waals surface area contributed by atoms with E-state index in [1.54, 1.807) is 37.3 Å². The Morgan fingerprint density at radius 2 is 1.79 bits per heavy atom. The lowest BCUT2D eigenvalue weighted by Crippen LogP contribution is -2.34. The highest BCUT2D eigenvalue weighted by molar-refractivity contribution is 7.22. The Balaban J connectivity index is 2.01. The van der Waals surface area contributed by atoms with E-state index >= 15 is 0 Å². The SMILES string of the molecule is COc1cc2nc(N(CCCN(C)C)C(=O)c3ccccc3F)sc2cc1OC. The minimum Gasteiger partial charge on any atom is -0.493 e. The Kier molecular flexibility index (Phi) is 6.66. The monoisotopic (exact) mass is 417 g/mol. The molecule has 0 bridgehead atoms. The summed E-state index contributed by atoms with van der Waals surface area (Å²) in [5.74, 6) is 0.214. The molecule has 0 fully saturated rings. The van der Waals surface area contributed by atoms with Crippen molar-refractivity contribution in [3.63, 3.8) is 0 Å². The molecule has 8 heteroatoms. The largest absolute Gasteiger partial charge is 0.493 e. The predicted molar refractivity (Wildman–Crippen MR) is 114 cm³/mol. The normalized spacial score (nSPS) is 11.1. The molecule has 1 aromatic heterocycles. The van der Waals surface area contributed by atoms with E-state index in [1.165, 1.54) is 23.5 Å². The zero-order valence-electron chi connectivity index (χ0n) is 16.9. The van der Waals surface area contributed by atoms with Crippen LogP contribution in [0.25, 0.3) is 10.2 Å². The Morgan fingerprint density at radius 3 is 2.45 bits per heavy atom. The molecule has 0 aliphatic rings. The van der Waals surface area contributed by atoms with E-state index in [2.05, 4.69) is 4.98 Å². The van der Waals surface area contributed by atoms with Gasteiger partial charge in [0.25, 0.3) is 5.91 Å². The number of methoxy groups -OCH3 is 2. The Labute approximate surface area is 173 Å². The fourth-order valence-corrected chi connectivity index (χ4v) is 3.97. The van der Waals surface area contributed by atoms with Crippen LogP contribution < -0.4 is 14.4 Å². The van der Waals surface area contributed by atoms with Crippen LogP contribution in [0.5, 0.6) is 11.5 Å². The van der Waals surface area contributed by atoms with E-state index in [4.69, 9.17) is 9.47 Å². The fraction of sp³-hybridized carbons (Fsp3) is 0.333. The minimum absolute atomic E-state index is 0.0340. The molecule has 2 aromatic carbocycles. The average Bonchev–Trinajstić information content (AvgIpc) is 3.12. The summed E-state index contributed by atoms with van der Waals surface area (Å²) < 4.78 is 25.8. The number of carbonyl (C=O) groups excluding carboxylic acids is 1. The van der Waals surface area contributed by atoms with E-state index < -0.39 is 11.7 Å². The second kappa shape index (κ2) is 9.19. The molecule has 0 atom stereocenters. The lowest BCUT2D eigenvalue weighted by molar-refractivity contribution is 0.0982. The number of hydrogen-bond donors (Lipinski definition) is 0. The number of benzene rings is 2. The molecule has 0 N–H and O–H groups in total. The van der Waals surface area contributed by atoms with Crippen molar-refractivity contribution in [2.24, 2.45) is 0 Å². The van der Waals surface area contributed by atoms with Crippen LogP contribution in [-0.2, 0) is 0 Å². The predicted octanol–water partition coefficient (Wildman–Crippen LogP) is 4.05. The molecule has 0 saturated carbocycles. The molecule has 6 nitrogen and oxygen atoms in total. The van der Waals surface area contributed by atoms with Crippen LogP contribution in [0.15, 0.2) is 36.4 Å². The second-order valence-corrected chi connectivity index (χ2v) is 7.77. The second-order valence-electron chi connectivity index (χ2n) is 6.76. The average molecular weight is 418 g/mol. The smallest absolute Gasteiger partial charge is 0.263 e. The van der Waals surface area contributed by atoms with Gasteiger partial charge >= 0.3 is 0 Å². The summed E-state index contributed by atoms with van der Waals surface area (Å²) in [7, 11) is 7.08. The highest BCUT2D eigenvalue weighted by Crippen LogP contribution is 2.37. The van der Waals surface area contributed by atoms with Gasteiger partial charge in [0, 0.05) is 18.7 Å². The molecule has 0 unspecified atom stereocenters. The first-order valence-electron chi connectivity index (χ1n) is 9.18. The summed E-state index contributed by atoms with van der Waals surface area (Å²) in [5, 5.41) is 0.516. The van der Waals surface area contributed by atoms with Crippen molar-refractivity contribution in [1.82, 2.24) is 9.88 Å². The van der Waals surface area contributed by atoms with E-state index in [0.717, 1.165) is 17.7 Å². The van der Waals surface area contributed by atoms with Crippen molar-refractivity contribution in [2.75, 3.05) is 46.3 Å². The highest BCUT2D eigenvalue weighted by Gasteiger charge is 2.24. The summed E-state index contributed by atoms with van der Waals surface area (Å²) in [4.78, 5) is 21.4. The number of nitrogens with zero attached hydrogens (tertiary/aromatic N) is 3. The van der Waals surface area contributed by atoms with Gasteiger partial charge in [-0.25, -0.2) is 9.37 Å². The minimum atomic E-state index is -0.542. The van der Waals surface area contributed by atoms with E-state index in [0.29, 0.717) is 28.7 Å². The van der Waals surface area contributed by atoms with Gasteiger partial charge in [-0.1, -0.05) is 23.5 Å². The third kappa shape index (κ3) is 4.65. The lowest BCUT2D eigenvalue weighted by Gasteiger charge is -2.21. The van der Waals surface area contributed by atoms with E-state index in [-0.39, 0.29) is 5.56 Å². The van der Waals surface area contributed by atoms with Crippen LogP contribution >= 0.6 is 11.3 Å². The molecular formula is C21H24FN3O3S. The van der Waals surface area contributed by atoms with Crippen molar-refractivity contribution < 1.29 is 18.7 Å². The summed E-state index contributed by atoms with van der Waals surface area (Å²) in [6.45, 7) is 1.23. The number of anilines is 1. The number of ether oxygens (including phenoxy) is 2. The molecule has 29 heavy (non-hydrogen) atoms. The van der Waals surface area contributed by atoms with Crippen molar-refractivity contribution >= 4 is 32.6 Å². The van der Waals surface area contributed by atoms with E-state index in [9.17, 15) is 9.18 Å². The Morgan fingerprint density at radius 1 is 1.10 bits per heavy atom. The summed E-state index contributed by atoms with van der Waals surface area (Å²) >= 11 is 1.36. The first kappa shape index (κ1) is 21.0. The van der Waals surface area contributed by atoms with Crippen LogP contribution in [0.1, 0.15) is 16.8 Å². The van der Waals surface area contributed by atoms with Crippen molar-refractivity contribution in [2.45, 2.75) is 6.42 Å². The van der Waals surface area contributed by atoms with Crippen LogP contribution in [0.2, 0.25) is 0 Å². The number of thiazole rings is 1. The number of rotatable bonds is 8. The van der Waals surface area contributed by atoms with E-state index in [1.807, 2.05) is 25.1 Å². The molecule has 1 amide bonds. The molecular weight excluding hydrogens is 393 g/mol. The molecule has 0 spiro atoms. The lowest BCUT2D eigenvalue weighted by atomic mass is 10.2. The van der Waals surface area contributed by atoms with Gasteiger partial charge in [0.15, 0.2) is 16.6 Å². The Bertz CT molecular complexity index is 965. The van der Waals surface area contributed by atoms with Gasteiger partial charge in [-0.3, -0.25) is 9.69 Å². The molecule has 0 saturated heterocycles. The van der Waals surface area contributed by atoms with Gasteiger partial charge in [-0.2, -0.15) is 0 Å². The highest BCUT2D eigenvalue weighted by atomic mass is 32.1. The first-order valence-corrected chi connectivity index (χ1v) is 10.00. The molecule has 154 valence electrons. The number of aromatic nitrogens is 1. The number of fused-ring (bicyclic) bond motifs is 1. The summed E-state index contributed by atoms with van der Waals surface area (Å²) in [6, 6.07) is 9.62. The third-order valence-electron chi connectivity index (χ3n) is 4.45. The number of carbonyl (C=O) groups is 1. The van der Waals surface area contributed by atoms with Gasteiger partial charge in [0.1, 0.15) is 5.82 Å². The molecule has 0 aliphatic carbocycles. The maximum absolute atomic E-state index is 14.3. The quantitative estimate of drug-likeness (QED) is 0.553. The van der Waals surface area contributed by atoms with Gasteiger partial charge in [-0.15, -0.1) is 0 Å². The molecule has 3 aromatic rings. The van der Waals surface area contributed by atoms with Gasteiger partial charge < -0.3 is 14.4 Å². The Hall–Kier alpha value is -2.71. The van der Waals surface area contributed by atoms with Gasteiger partial charge in [0.05, 0.1) is 30.0 Å². The van der Waals surface area contributed by atoms with Crippen LogP contribution in [0.3, 0.4) is 0 Å². The third-order valence-corrected chi connectivity index (χ3v) is 5.49. The maximum atomic E-state index is 14.3. The maximum Gasteiger partial charge on any atom is 0.263 e. The first-order chi connectivity index (χ1) is 13.9. The van der Waals surface area contributed by atoms with Crippen LogP contribution in [0, 0.1) is 5.82 Å². The molecule has 0 aliphatic heterocycles. The van der Waals surface area contributed by atoms with Crippen LogP contribution in [-0.4, -0.2) is 57.2 Å². The topological polar surface area (TPSA) is 54.9 Å². The molecule has 0 radical (unpaired) electrons. The number of amides is 1. The van der Waals surface area contributed by atoms with Crippen molar-refractivity contribution in [3.8, 4) is 11.5 Å². The summed E-state index contributed by atoms with van der Waals surface area (Å²) in [6.07, 6.45) is 0.732. The molecule has 1 heterocycles. The van der Waals surface area contributed by atoms with Gasteiger partial charge in [0.2, 0.25) is 0 Å². The van der Waals surface area contributed by atoms with Gasteiger partial charge in [-0.05, 0) is 39.2 Å². The number of hydrogen-bond acceptors (Lipinski definition) is 6.